The number of amides is 1. The smallest absolute Gasteiger partial charge is 0.276 e. The van der Waals surface area contributed by atoms with Gasteiger partial charge in [0.15, 0.2) is 5.69 Å². The van der Waals surface area contributed by atoms with Crippen LogP contribution in [0, 0.1) is 0 Å². The Morgan fingerprint density at radius 1 is 1.39 bits per heavy atom. The van der Waals surface area contributed by atoms with Crippen LogP contribution in [0.2, 0.25) is 0 Å². The van der Waals surface area contributed by atoms with Crippen molar-refractivity contribution in [1.29, 1.82) is 0 Å². The zero-order valence-electron chi connectivity index (χ0n) is 12.2. The summed E-state index contributed by atoms with van der Waals surface area (Å²) in [7, 11) is 0. The minimum absolute atomic E-state index is 0.198. The van der Waals surface area contributed by atoms with Gasteiger partial charge in [-0.1, -0.05) is 12.1 Å². The molecule has 0 saturated heterocycles. The maximum absolute atomic E-state index is 12.4. The lowest BCUT2D eigenvalue weighted by atomic mass is 10.1. The number of nitrogens with one attached hydrogen (secondary N) is 3. The van der Waals surface area contributed by atoms with E-state index in [4.69, 9.17) is 4.74 Å². The van der Waals surface area contributed by atoms with Crippen LogP contribution in [-0.2, 0) is 13.0 Å². The van der Waals surface area contributed by atoms with Crippen LogP contribution in [0.15, 0.2) is 24.3 Å². The molecule has 2 aromatic rings. The van der Waals surface area contributed by atoms with Gasteiger partial charge in [-0.3, -0.25) is 9.89 Å². The summed E-state index contributed by atoms with van der Waals surface area (Å²) in [4.78, 5) is 12.4. The number of benzene rings is 1. The average Bonchev–Trinajstić information content (AvgIpc) is 2.98. The highest BCUT2D eigenvalue weighted by Gasteiger charge is 2.22. The van der Waals surface area contributed by atoms with E-state index in [1.165, 1.54) is 6.07 Å². The quantitative estimate of drug-likeness (QED) is 0.786. The minimum Gasteiger partial charge on any atom is -0.485 e. The highest BCUT2D eigenvalue weighted by Crippen LogP contribution is 2.25. The molecule has 1 aromatic heterocycles. The van der Waals surface area contributed by atoms with Crippen LogP contribution in [0.5, 0.6) is 5.75 Å². The van der Waals surface area contributed by atoms with E-state index < -0.39 is 18.9 Å². The van der Waals surface area contributed by atoms with Crippen molar-refractivity contribution >= 4 is 11.6 Å². The van der Waals surface area contributed by atoms with Crippen molar-refractivity contribution in [1.82, 2.24) is 15.5 Å². The molecule has 0 radical (unpaired) electrons. The molecule has 1 amide bonds. The Kier molecular flexibility index (Phi) is 4.52. The van der Waals surface area contributed by atoms with E-state index >= 15 is 0 Å². The summed E-state index contributed by atoms with van der Waals surface area (Å²) in [6.45, 7) is 0.674. The van der Waals surface area contributed by atoms with Crippen LogP contribution >= 0.6 is 0 Å². The molecule has 1 aliphatic heterocycles. The number of hydrogen-bond acceptors (Lipinski definition) is 4. The number of ether oxygens (including phenoxy) is 1. The first-order valence-electron chi connectivity index (χ1n) is 7.23. The number of fused-ring (bicyclic) bond motifs is 1. The van der Waals surface area contributed by atoms with Crippen LogP contribution in [0.4, 0.5) is 14.5 Å². The van der Waals surface area contributed by atoms with Gasteiger partial charge < -0.3 is 15.4 Å². The molecule has 1 aliphatic rings. The van der Waals surface area contributed by atoms with Crippen molar-refractivity contribution in [3.63, 3.8) is 0 Å². The van der Waals surface area contributed by atoms with Gasteiger partial charge in [-0.05, 0) is 12.1 Å². The molecule has 3 rings (SSSR count). The van der Waals surface area contributed by atoms with E-state index in [0.29, 0.717) is 17.9 Å². The van der Waals surface area contributed by atoms with E-state index in [0.717, 1.165) is 24.2 Å². The summed E-state index contributed by atoms with van der Waals surface area (Å²) in [6, 6.07) is 6.46. The van der Waals surface area contributed by atoms with Gasteiger partial charge >= 0.3 is 0 Å². The lowest BCUT2D eigenvalue weighted by molar-refractivity contribution is 0.0822. The third-order valence-corrected chi connectivity index (χ3v) is 3.52. The van der Waals surface area contributed by atoms with Crippen molar-refractivity contribution in [2.24, 2.45) is 0 Å². The van der Waals surface area contributed by atoms with E-state index in [9.17, 15) is 13.6 Å². The SMILES string of the molecule is O=C(Nc1ccccc1OCC(F)F)c1n[nH]c2c1CNCC2. The molecule has 0 saturated carbocycles. The minimum atomic E-state index is -2.58. The number of H-pyrrole nitrogens is 1. The van der Waals surface area contributed by atoms with Gasteiger partial charge in [-0.25, -0.2) is 8.78 Å². The summed E-state index contributed by atoms with van der Waals surface area (Å²) in [5.41, 5.74) is 2.41. The second-order valence-corrected chi connectivity index (χ2v) is 5.11. The number of nitrogens with zero attached hydrogens (tertiary/aromatic N) is 1. The van der Waals surface area contributed by atoms with Crippen LogP contribution in [-0.4, -0.2) is 35.7 Å². The Hall–Kier alpha value is -2.48. The topological polar surface area (TPSA) is 79.0 Å². The second kappa shape index (κ2) is 6.74. The fraction of sp³-hybridized carbons (Fsp3) is 0.333. The molecule has 1 aromatic carbocycles. The summed E-state index contributed by atoms with van der Waals surface area (Å²) in [5, 5.41) is 12.8. The number of rotatable bonds is 5. The van der Waals surface area contributed by atoms with Gasteiger partial charge in [0.2, 0.25) is 0 Å². The number of carbonyl (C=O) groups is 1. The van der Waals surface area contributed by atoms with Crippen LogP contribution in [0.3, 0.4) is 0 Å². The summed E-state index contributed by atoms with van der Waals surface area (Å²) >= 11 is 0. The fourth-order valence-corrected chi connectivity index (χ4v) is 2.44. The number of aromatic nitrogens is 2. The van der Waals surface area contributed by atoms with Crippen LogP contribution in [0.1, 0.15) is 21.7 Å². The molecule has 0 spiro atoms. The van der Waals surface area contributed by atoms with Gasteiger partial charge in [0, 0.05) is 30.8 Å². The molecule has 0 fully saturated rings. The van der Waals surface area contributed by atoms with Gasteiger partial charge in [0.25, 0.3) is 12.3 Å². The first-order valence-corrected chi connectivity index (χ1v) is 7.23. The van der Waals surface area contributed by atoms with Crippen molar-refractivity contribution in [2.75, 3.05) is 18.5 Å². The third kappa shape index (κ3) is 3.48. The molecule has 0 unspecified atom stereocenters. The number of para-hydroxylation sites is 2. The lowest BCUT2D eigenvalue weighted by Crippen LogP contribution is -2.25. The van der Waals surface area contributed by atoms with Gasteiger partial charge in [0.1, 0.15) is 12.4 Å². The van der Waals surface area contributed by atoms with E-state index in [1.54, 1.807) is 18.2 Å². The van der Waals surface area contributed by atoms with Crippen molar-refractivity contribution in [2.45, 2.75) is 19.4 Å². The highest BCUT2D eigenvalue weighted by atomic mass is 19.3. The molecule has 0 atom stereocenters. The number of hydrogen-bond donors (Lipinski definition) is 3. The summed E-state index contributed by atoms with van der Waals surface area (Å²) in [6.07, 6.45) is -1.80. The Morgan fingerprint density at radius 2 is 2.22 bits per heavy atom. The predicted molar refractivity (Wildman–Crippen MR) is 79.9 cm³/mol. The molecule has 122 valence electrons. The number of anilines is 1. The fourth-order valence-electron chi connectivity index (χ4n) is 2.44. The third-order valence-electron chi connectivity index (χ3n) is 3.52. The van der Waals surface area contributed by atoms with Crippen LogP contribution in [0.25, 0.3) is 0 Å². The van der Waals surface area contributed by atoms with E-state index in [1.807, 2.05) is 0 Å². The van der Waals surface area contributed by atoms with Crippen LogP contribution < -0.4 is 15.4 Å². The number of halogens is 2. The monoisotopic (exact) mass is 322 g/mol. The average molecular weight is 322 g/mol. The normalized spacial score (nSPS) is 13.7. The number of aromatic amines is 1. The Morgan fingerprint density at radius 3 is 3.04 bits per heavy atom. The zero-order chi connectivity index (χ0) is 16.2. The Labute approximate surface area is 131 Å². The van der Waals surface area contributed by atoms with Crippen molar-refractivity contribution < 1.29 is 18.3 Å². The maximum atomic E-state index is 12.4. The lowest BCUT2D eigenvalue weighted by Gasteiger charge is -2.14. The molecular formula is C15H16F2N4O2. The first kappa shape index (κ1) is 15.4. The molecule has 8 heteroatoms. The molecule has 3 N–H and O–H groups in total. The molecule has 0 bridgehead atoms. The second-order valence-electron chi connectivity index (χ2n) is 5.11. The van der Waals surface area contributed by atoms with Gasteiger partial charge in [0.05, 0.1) is 5.69 Å². The molecule has 2 heterocycles. The predicted octanol–water partition coefficient (Wildman–Crippen LogP) is 1.95. The summed E-state index contributed by atoms with van der Waals surface area (Å²) < 4.78 is 29.6. The molecular weight excluding hydrogens is 306 g/mol. The van der Waals surface area contributed by atoms with E-state index in [2.05, 4.69) is 20.8 Å². The van der Waals surface area contributed by atoms with Crippen molar-refractivity contribution in [3.8, 4) is 5.75 Å². The highest BCUT2D eigenvalue weighted by molar-refractivity contribution is 6.04. The Bertz CT molecular complexity index is 703. The zero-order valence-corrected chi connectivity index (χ0v) is 12.2. The summed E-state index contributed by atoms with van der Waals surface area (Å²) in [5.74, 6) is -0.206. The van der Waals surface area contributed by atoms with Gasteiger partial charge in [-0.2, -0.15) is 5.10 Å². The standard InChI is InChI=1S/C15H16F2N4O2/c16-13(17)8-23-12-4-2-1-3-11(12)19-15(22)14-9-7-18-6-5-10(9)20-21-14/h1-4,13,18H,5-8H2,(H,19,22)(H,20,21). The number of carbonyl (C=O) groups excluding carboxylic acids is 1. The molecule has 23 heavy (non-hydrogen) atoms. The first-order chi connectivity index (χ1) is 11.1. The Balaban J connectivity index is 1.77. The van der Waals surface area contributed by atoms with E-state index in [-0.39, 0.29) is 5.75 Å². The number of alkyl halides is 2. The largest absolute Gasteiger partial charge is 0.485 e. The molecule has 6 nitrogen and oxygen atoms in total. The van der Waals surface area contributed by atoms with Crippen molar-refractivity contribution in [3.05, 3.63) is 41.2 Å². The van der Waals surface area contributed by atoms with Gasteiger partial charge in [-0.15, -0.1) is 0 Å². The maximum Gasteiger partial charge on any atom is 0.276 e. The molecule has 0 aliphatic carbocycles.